The normalized spacial score (nSPS) is 26.8. The molecule has 1 heterocycles. The minimum atomic E-state index is -0.216. The molecule has 4 heteroatoms. The van der Waals surface area contributed by atoms with Crippen LogP contribution in [0.25, 0.3) is 22.2 Å². The van der Waals surface area contributed by atoms with Gasteiger partial charge in [0.15, 0.2) is 0 Å². The number of hydrogen-bond acceptors (Lipinski definition) is 3. The zero-order valence-corrected chi connectivity index (χ0v) is 21.5. The van der Waals surface area contributed by atoms with E-state index in [9.17, 15) is 10.2 Å². The molecule has 6 rings (SSSR count). The Morgan fingerprint density at radius 2 is 1.58 bits per heavy atom. The molecule has 1 radical (unpaired) electrons. The van der Waals surface area contributed by atoms with E-state index in [-0.39, 0.29) is 38.2 Å². The average molecular weight is 621 g/mol. The van der Waals surface area contributed by atoms with Gasteiger partial charge in [0, 0.05) is 26.0 Å². The Hall–Kier alpha value is -1.58. The van der Waals surface area contributed by atoms with E-state index in [4.69, 9.17) is 4.98 Å². The van der Waals surface area contributed by atoms with E-state index >= 15 is 0 Å². The number of rotatable bonds is 2. The first-order valence-corrected chi connectivity index (χ1v) is 12.4. The van der Waals surface area contributed by atoms with Crippen molar-refractivity contribution in [3.05, 3.63) is 66.2 Å². The van der Waals surface area contributed by atoms with Gasteiger partial charge in [-0.15, -0.1) is 35.9 Å². The minimum absolute atomic E-state index is 0. The van der Waals surface area contributed by atoms with Crippen molar-refractivity contribution in [1.29, 1.82) is 0 Å². The van der Waals surface area contributed by atoms with Crippen LogP contribution < -0.4 is 0 Å². The van der Waals surface area contributed by atoms with Gasteiger partial charge in [0.1, 0.15) is 0 Å². The van der Waals surface area contributed by atoms with Gasteiger partial charge in [0.05, 0.1) is 17.7 Å². The maximum Gasteiger partial charge on any atom is 0.0598 e. The molecule has 4 unspecified atom stereocenters. The fraction of sp³-hybridized carbons (Fsp3) is 0.483. The Kier molecular flexibility index (Phi) is 8.35. The summed E-state index contributed by atoms with van der Waals surface area (Å²) in [5, 5.41) is 20.3. The van der Waals surface area contributed by atoms with Gasteiger partial charge < -0.3 is 10.2 Å². The van der Waals surface area contributed by atoms with Crippen LogP contribution in [0, 0.1) is 17.9 Å². The number of hydrogen-bond donors (Lipinski definition) is 2. The van der Waals surface area contributed by atoms with E-state index in [1.807, 2.05) is 18.2 Å². The van der Waals surface area contributed by atoms with E-state index in [2.05, 4.69) is 42.5 Å². The molecule has 33 heavy (non-hydrogen) atoms. The summed E-state index contributed by atoms with van der Waals surface area (Å²) in [6.45, 7) is 0. The molecule has 3 aliphatic carbocycles. The molecule has 3 aliphatic rings. The van der Waals surface area contributed by atoms with Crippen molar-refractivity contribution in [1.82, 2.24) is 4.98 Å². The van der Waals surface area contributed by atoms with Gasteiger partial charge in [-0.25, -0.2) is 0 Å². The maximum atomic E-state index is 9.59. The van der Waals surface area contributed by atoms with Crippen LogP contribution >= 0.6 is 0 Å². The fourth-order valence-electron chi connectivity index (χ4n) is 6.12. The average Bonchev–Trinajstić information content (AvgIpc) is 3.50. The van der Waals surface area contributed by atoms with Crippen molar-refractivity contribution < 1.29 is 30.3 Å². The second-order valence-corrected chi connectivity index (χ2v) is 9.89. The molecule has 3 saturated carbocycles. The van der Waals surface area contributed by atoms with Crippen molar-refractivity contribution in [2.24, 2.45) is 11.8 Å². The summed E-state index contributed by atoms with van der Waals surface area (Å²) >= 11 is 0. The molecule has 177 valence electrons. The maximum absolute atomic E-state index is 9.59. The second-order valence-electron chi connectivity index (χ2n) is 9.89. The van der Waals surface area contributed by atoms with E-state index in [0.717, 1.165) is 48.4 Å². The predicted octanol–water partition coefficient (Wildman–Crippen LogP) is 6.28. The van der Waals surface area contributed by atoms with E-state index in [1.165, 1.54) is 43.1 Å². The molecular formula is C29H34IrNO2-. The van der Waals surface area contributed by atoms with Gasteiger partial charge in [-0.2, -0.15) is 0 Å². The van der Waals surface area contributed by atoms with Gasteiger partial charge in [0.2, 0.25) is 0 Å². The zero-order chi connectivity index (χ0) is 21.9. The van der Waals surface area contributed by atoms with E-state index < -0.39 is 0 Å². The molecular weight excluding hydrogens is 587 g/mol. The molecule has 2 N–H and O–H groups in total. The van der Waals surface area contributed by atoms with Gasteiger partial charge in [0.25, 0.3) is 0 Å². The molecule has 4 atom stereocenters. The molecule has 0 spiro atoms. The molecule has 3 nitrogen and oxygen atoms in total. The van der Waals surface area contributed by atoms with Crippen molar-refractivity contribution in [2.75, 3.05) is 0 Å². The van der Waals surface area contributed by atoms with Crippen LogP contribution in [0.15, 0.2) is 54.6 Å². The zero-order valence-electron chi connectivity index (χ0n) is 19.1. The van der Waals surface area contributed by atoms with E-state index in [1.54, 1.807) is 0 Å². The number of fused-ring (bicyclic) bond motifs is 2. The second kappa shape index (κ2) is 11.2. The first-order chi connectivity index (χ1) is 15.7. The van der Waals surface area contributed by atoms with Crippen LogP contribution in [-0.4, -0.2) is 27.4 Å². The summed E-state index contributed by atoms with van der Waals surface area (Å²) in [5.74, 6) is 1.57. The minimum Gasteiger partial charge on any atom is -0.393 e. The molecule has 0 aliphatic heterocycles. The Morgan fingerprint density at radius 3 is 2.33 bits per heavy atom. The van der Waals surface area contributed by atoms with Crippen LogP contribution in [0.1, 0.15) is 69.3 Å². The van der Waals surface area contributed by atoms with Crippen LogP contribution in [0.2, 0.25) is 0 Å². The SMILES string of the molecule is OC1CCCC2CCC(O)C12.[Ir].[c-]1ccccc1-c1ccc2ccc(C3CCCC3)cc2n1. The van der Waals surface area contributed by atoms with Crippen molar-refractivity contribution in [3.63, 3.8) is 0 Å². The largest absolute Gasteiger partial charge is 0.393 e. The molecule has 0 amide bonds. The number of pyridine rings is 1. The summed E-state index contributed by atoms with van der Waals surface area (Å²) in [7, 11) is 0. The van der Waals surface area contributed by atoms with Crippen LogP contribution in [-0.2, 0) is 20.1 Å². The summed E-state index contributed by atoms with van der Waals surface area (Å²) < 4.78 is 0. The number of aliphatic hydroxyl groups excluding tert-OH is 2. The number of nitrogens with zero attached hydrogens (tertiary/aromatic N) is 1. The number of benzene rings is 2. The molecule has 0 bridgehead atoms. The van der Waals surface area contributed by atoms with Crippen LogP contribution in [0.3, 0.4) is 0 Å². The summed E-state index contributed by atoms with van der Waals surface area (Å²) in [6, 6.07) is 22.3. The van der Waals surface area contributed by atoms with Gasteiger partial charge in [-0.1, -0.05) is 43.5 Å². The Bertz CT molecular complexity index is 1030. The topological polar surface area (TPSA) is 53.4 Å². The molecule has 3 aromatic rings. The molecule has 1 aromatic heterocycles. The summed E-state index contributed by atoms with van der Waals surface area (Å²) in [6.07, 6.45) is 10.3. The Labute approximate surface area is 211 Å². The Balaban J connectivity index is 0.000000183. The molecule has 2 aromatic carbocycles. The third-order valence-electron chi connectivity index (χ3n) is 7.87. The van der Waals surface area contributed by atoms with Crippen LogP contribution in [0.4, 0.5) is 0 Å². The quantitative estimate of drug-likeness (QED) is 0.332. The van der Waals surface area contributed by atoms with E-state index in [0.29, 0.717) is 5.92 Å². The Morgan fingerprint density at radius 1 is 0.788 bits per heavy atom. The fourth-order valence-corrected chi connectivity index (χ4v) is 6.12. The summed E-state index contributed by atoms with van der Waals surface area (Å²) in [4.78, 5) is 4.85. The van der Waals surface area contributed by atoms with Gasteiger partial charge in [-0.3, -0.25) is 4.98 Å². The smallest absolute Gasteiger partial charge is 0.0598 e. The third kappa shape index (κ3) is 5.57. The molecule has 0 saturated heterocycles. The number of aromatic nitrogens is 1. The molecule has 3 fully saturated rings. The van der Waals surface area contributed by atoms with Gasteiger partial charge >= 0.3 is 0 Å². The summed E-state index contributed by atoms with van der Waals surface area (Å²) in [5.41, 5.74) is 4.63. The van der Waals surface area contributed by atoms with Gasteiger partial charge in [-0.05, 0) is 73.1 Å². The van der Waals surface area contributed by atoms with Crippen molar-refractivity contribution >= 4 is 10.9 Å². The van der Waals surface area contributed by atoms with Crippen molar-refractivity contribution in [2.45, 2.75) is 75.9 Å². The van der Waals surface area contributed by atoms with Crippen LogP contribution in [0.5, 0.6) is 0 Å². The predicted molar refractivity (Wildman–Crippen MR) is 129 cm³/mol. The first kappa shape index (κ1) is 24.5. The number of aliphatic hydroxyl groups is 2. The monoisotopic (exact) mass is 621 g/mol. The standard InChI is InChI=1S/C20H18N.C9H16O2.Ir/c1-2-8-16(9-3-1)19-13-12-17-10-11-18(14-20(17)21-19)15-6-4-5-7-15;10-7-3-1-2-6-4-5-8(11)9(6)7;/h1-3,8,10-15H,4-7H2;6-11H,1-5H2;/q-1;;. The third-order valence-corrected chi connectivity index (χ3v) is 7.87. The first-order valence-electron chi connectivity index (χ1n) is 12.4. The van der Waals surface area contributed by atoms with Crippen molar-refractivity contribution in [3.8, 4) is 11.3 Å².